The minimum Gasteiger partial charge on any atom is -0.352 e. The summed E-state index contributed by atoms with van der Waals surface area (Å²) in [6, 6.07) is 21.7. The van der Waals surface area contributed by atoms with Crippen molar-refractivity contribution in [3.8, 4) is 0 Å². The van der Waals surface area contributed by atoms with Crippen LogP contribution in [0.5, 0.6) is 0 Å². The van der Waals surface area contributed by atoms with Crippen molar-refractivity contribution in [3.63, 3.8) is 0 Å². The smallest absolute Gasteiger partial charge is 0.243 e. The summed E-state index contributed by atoms with van der Waals surface area (Å²) in [7, 11) is 0. The fraction of sp³-hybridized carbons (Fsp3) is 0.286. The van der Waals surface area contributed by atoms with Crippen LogP contribution in [0.4, 0.5) is 0 Å². The summed E-state index contributed by atoms with van der Waals surface area (Å²) in [5.74, 6) is 0.311. The van der Waals surface area contributed by atoms with E-state index < -0.39 is 6.04 Å². The molecule has 3 aromatic carbocycles. The molecule has 0 aliphatic carbocycles. The van der Waals surface area contributed by atoms with Crippen molar-refractivity contribution in [2.75, 3.05) is 5.75 Å². The number of hydrogen-bond donors (Lipinski definition) is 1. The van der Waals surface area contributed by atoms with Gasteiger partial charge in [0.1, 0.15) is 6.04 Å². The first-order chi connectivity index (χ1) is 17.2. The summed E-state index contributed by atoms with van der Waals surface area (Å²) >= 11 is 20.2. The summed E-state index contributed by atoms with van der Waals surface area (Å²) < 4.78 is 0. The summed E-state index contributed by atoms with van der Waals surface area (Å²) in [4.78, 5) is 28.7. The molecule has 0 aliphatic heterocycles. The van der Waals surface area contributed by atoms with Crippen LogP contribution in [0.15, 0.2) is 72.8 Å². The molecule has 1 unspecified atom stereocenters. The molecule has 0 aliphatic rings. The van der Waals surface area contributed by atoms with Crippen LogP contribution in [-0.4, -0.2) is 34.6 Å². The molecular formula is C28H29Cl3N2O2S. The van der Waals surface area contributed by atoms with E-state index in [4.69, 9.17) is 34.8 Å². The van der Waals surface area contributed by atoms with Crippen LogP contribution in [-0.2, 0) is 28.3 Å². The zero-order chi connectivity index (χ0) is 26.1. The van der Waals surface area contributed by atoms with Gasteiger partial charge >= 0.3 is 0 Å². The highest BCUT2D eigenvalue weighted by atomic mass is 35.5. The van der Waals surface area contributed by atoms with E-state index >= 15 is 0 Å². The SMILES string of the molecule is CC(C)NC(=O)C(Cc1ccccc1)N(Cc1cccc(Cl)c1)C(=O)CSCc1c(Cl)cccc1Cl. The van der Waals surface area contributed by atoms with Gasteiger partial charge in [-0.25, -0.2) is 0 Å². The Hall–Kier alpha value is -2.18. The summed E-state index contributed by atoms with van der Waals surface area (Å²) in [6.07, 6.45) is 0.396. The Labute approximate surface area is 232 Å². The molecule has 3 aromatic rings. The minimum absolute atomic E-state index is 0.0596. The van der Waals surface area contributed by atoms with Gasteiger partial charge in [0.05, 0.1) is 5.75 Å². The van der Waals surface area contributed by atoms with E-state index in [0.29, 0.717) is 27.2 Å². The average molecular weight is 564 g/mol. The van der Waals surface area contributed by atoms with Crippen molar-refractivity contribution in [1.29, 1.82) is 0 Å². The maximum Gasteiger partial charge on any atom is 0.243 e. The fourth-order valence-corrected chi connectivity index (χ4v) is 5.62. The largest absolute Gasteiger partial charge is 0.352 e. The molecule has 1 atom stereocenters. The van der Waals surface area contributed by atoms with E-state index in [1.807, 2.05) is 62.4 Å². The van der Waals surface area contributed by atoms with E-state index in [9.17, 15) is 9.59 Å². The molecule has 0 aromatic heterocycles. The zero-order valence-electron chi connectivity index (χ0n) is 20.2. The Balaban J connectivity index is 1.87. The molecule has 1 N–H and O–H groups in total. The van der Waals surface area contributed by atoms with E-state index in [2.05, 4.69) is 5.32 Å². The van der Waals surface area contributed by atoms with Crippen LogP contribution in [0.3, 0.4) is 0 Å². The highest BCUT2D eigenvalue weighted by Gasteiger charge is 2.30. The van der Waals surface area contributed by atoms with Crippen LogP contribution >= 0.6 is 46.6 Å². The van der Waals surface area contributed by atoms with Crippen LogP contribution in [0, 0.1) is 0 Å². The van der Waals surface area contributed by atoms with Gasteiger partial charge in [0.15, 0.2) is 0 Å². The molecule has 0 radical (unpaired) electrons. The van der Waals surface area contributed by atoms with Gasteiger partial charge in [-0.1, -0.05) is 83.3 Å². The van der Waals surface area contributed by atoms with Gasteiger partial charge in [0, 0.05) is 39.8 Å². The van der Waals surface area contributed by atoms with Gasteiger partial charge in [-0.05, 0) is 54.8 Å². The Bertz CT molecular complexity index is 1150. The first kappa shape index (κ1) is 28.4. The molecule has 0 spiro atoms. The van der Waals surface area contributed by atoms with E-state index in [1.54, 1.807) is 29.2 Å². The lowest BCUT2D eigenvalue weighted by Gasteiger charge is -2.32. The Morgan fingerprint density at radius 3 is 2.17 bits per heavy atom. The highest BCUT2D eigenvalue weighted by Crippen LogP contribution is 2.28. The lowest BCUT2D eigenvalue weighted by Crippen LogP contribution is -2.52. The molecule has 2 amide bonds. The van der Waals surface area contributed by atoms with Crippen LogP contribution in [0.25, 0.3) is 0 Å². The maximum absolute atomic E-state index is 13.6. The number of carbonyl (C=O) groups excluding carboxylic acids is 2. The third-order valence-corrected chi connectivity index (χ3v) is 7.36. The summed E-state index contributed by atoms with van der Waals surface area (Å²) in [5.41, 5.74) is 2.62. The number of carbonyl (C=O) groups is 2. The molecule has 3 rings (SSSR count). The maximum atomic E-state index is 13.6. The quantitative estimate of drug-likeness (QED) is 0.272. The number of hydrogen-bond acceptors (Lipinski definition) is 3. The van der Waals surface area contributed by atoms with Crippen molar-refractivity contribution >= 4 is 58.4 Å². The van der Waals surface area contributed by atoms with Crippen molar-refractivity contribution < 1.29 is 9.59 Å². The molecule has 0 fully saturated rings. The highest BCUT2D eigenvalue weighted by molar-refractivity contribution is 7.99. The second-order valence-electron chi connectivity index (χ2n) is 8.71. The summed E-state index contributed by atoms with van der Waals surface area (Å²) in [6.45, 7) is 4.07. The number of nitrogens with zero attached hydrogens (tertiary/aromatic N) is 1. The van der Waals surface area contributed by atoms with Crippen molar-refractivity contribution in [3.05, 3.63) is 105 Å². The third-order valence-electron chi connectivity index (χ3n) is 5.48. The van der Waals surface area contributed by atoms with Crippen molar-refractivity contribution in [1.82, 2.24) is 10.2 Å². The Morgan fingerprint density at radius 1 is 0.889 bits per heavy atom. The molecule has 0 bridgehead atoms. The second-order valence-corrected chi connectivity index (χ2v) is 10.9. The second kappa shape index (κ2) is 13.9. The number of benzene rings is 3. The molecule has 8 heteroatoms. The number of rotatable bonds is 11. The molecular weight excluding hydrogens is 535 g/mol. The zero-order valence-corrected chi connectivity index (χ0v) is 23.3. The van der Waals surface area contributed by atoms with Crippen LogP contribution in [0.2, 0.25) is 15.1 Å². The Kier molecular flexibility index (Phi) is 11.0. The predicted molar refractivity (Wildman–Crippen MR) is 152 cm³/mol. The van der Waals surface area contributed by atoms with Crippen LogP contribution in [0.1, 0.15) is 30.5 Å². The van der Waals surface area contributed by atoms with Crippen molar-refractivity contribution in [2.45, 2.75) is 44.6 Å². The standard InChI is InChI=1S/C28H29Cl3N2O2S/c1-19(2)32-28(35)26(15-20-8-4-3-5-9-20)33(16-21-10-6-11-22(29)14-21)27(34)18-36-17-23-24(30)12-7-13-25(23)31/h3-14,19,26H,15-18H2,1-2H3,(H,32,35). The van der Waals surface area contributed by atoms with Gasteiger partial charge < -0.3 is 10.2 Å². The van der Waals surface area contributed by atoms with Crippen LogP contribution < -0.4 is 5.32 Å². The topological polar surface area (TPSA) is 49.4 Å². The van der Waals surface area contributed by atoms with E-state index in [0.717, 1.165) is 16.7 Å². The van der Waals surface area contributed by atoms with E-state index in [1.165, 1.54) is 11.8 Å². The van der Waals surface area contributed by atoms with Gasteiger partial charge in [-0.15, -0.1) is 11.8 Å². The lowest BCUT2D eigenvalue weighted by molar-refractivity contribution is -0.139. The number of halogens is 3. The third kappa shape index (κ3) is 8.45. The fourth-order valence-electron chi connectivity index (χ4n) is 3.76. The molecule has 36 heavy (non-hydrogen) atoms. The normalized spacial score (nSPS) is 11.8. The molecule has 190 valence electrons. The average Bonchev–Trinajstić information content (AvgIpc) is 2.83. The number of thioether (sulfide) groups is 1. The molecule has 0 heterocycles. The first-order valence-electron chi connectivity index (χ1n) is 11.6. The van der Waals surface area contributed by atoms with Gasteiger partial charge in [0.25, 0.3) is 0 Å². The van der Waals surface area contributed by atoms with Gasteiger partial charge in [-0.2, -0.15) is 0 Å². The predicted octanol–water partition coefficient (Wildman–Crippen LogP) is 7.04. The molecule has 0 saturated carbocycles. The van der Waals surface area contributed by atoms with Gasteiger partial charge in [-0.3, -0.25) is 9.59 Å². The Morgan fingerprint density at radius 2 is 1.53 bits per heavy atom. The van der Waals surface area contributed by atoms with E-state index in [-0.39, 0.29) is 30.2 Å². The monoisotopic (exact) mass is 562 g/mol. The lowest BCUT2D eigenvalue weighted by atomic mass is 10.0. The minimum atomic E-state index is -0.689. The number of nitrogens with one attached hydrogen (secondary N) is 1. The first-order valence-corrected chi connectivity index (χ1v) is 13.9. The summed E-state index contributed by atoms with van der Waals surface area (Å²) in [5, 5.41) is 4.70. The molecule has 0 saturated heterocycles. The van der Waals surface area contributed by atoms with Gasteiger partial charge in [0.2, 0.25) is 11.8 Å². The van der Waals surface area contributed by atoms with Crippen molar-refractivity contribution in [2.24, 2.45) is 0 Å². The molecule has 4 nitrogen and oxygen atoms in total. The number of amides is 2.